The fourth-order valence-corrected chi connectivity index (χ4v) is 8.79. The van der Waals surface area contributed by atoms with Crippen molar-refractivity contribution < 1.29 is 28.7 Å². The summed E-state index contributed by atoms with van der Waals surface area (Å²) in [4.78, 5) is 76.2. The zero-order valence-electron chi connectivity index (χ0n) is 32.0. The van der Waals surface area contributed by atoms with Crippen LogP contribution in [0.5, 0.6) is 0 Å². The van der Waals surface area contributed by atoms with Crippen molar-refractivity contribution in [3.05, 3.63) is 75.7 Å². The third kappa shape index (κ3) is 8.03. The van der Waals surface area contributed by atoms with Gasteiger partial charge in [0.1, 0.15) is 6.04 Å². The van der Waals surface area contributed by atoms with E-state index in [9.17, 15) is 24.0 Å². The summed E-state index contributed by atoms with van der Waals surface area (Å²) in [7, 11) is 2.87. The van der Waals surface area contributed by atoms with Crippen LogP contribution in [0.2, 0.25) is 0 Å². The predicted molar refractivity (Wildman–Crippen MR) is 210 cm³/mol. The molecule has 1 atom stereocenters. The molecular formula is C40H48BN8O7. The molecule has 0 spiro atoms. The molecule has 3 amide bonds. The van der Waals surface area contributed by atoms with Gasteiger partial charge in [0.15, 0.2) is 13.5 Å². The Bertz CT molecular complexity index is 2200. The lowest BCUT2D eigenvalue weighted by Gasteiger charge is -2.43. The van der Waals surface area contributed by atoms with E-state index in [2.05, 4.69) is 27.3 Å². The molecule has 3 fully saturated rings. The fourth-order valence-electron chi connectivity index (χ4n) is 8.79. The van der Waals surface area contributed by atoms with Gasteiger partial charge in [-0.05, 0) is 93.4 Å². The van der Waals surface area contributed by atoms with Gasteiger partial charge < -0.3 is 29.5 Å². The maximum absolute atomic E-state index is 14.4. The second-order valence-electron chi connectivity index (χ2n) is 15.6. The van der Waals surface area contributed by atoms with E-state index in [1.165, 1.54) is 9.25 Å². The number of piperidine rings is 2. The molecule has 2 aromatic carbocycles. The first-order valence-corrected chi connectivity index (χ1v) is 19.6. The summed E-state index contributed by atoms with van der Waals surface area (Å²) in [6, 6.07) is 12.5. The second kappa shape index (κ2) is 16.1. The van der Waals surface area contributed by atoms with Gasteiger partial charge >= 0.3 is 13.3 Å². The third-order valence-electron chi connectivity index (χ3n) is 11.9. The number of rotatable bonds is 2. The number of likely N-dealkylation sites (tertiary alicyclic amines) is 1. The second-order valence-corrected chi connectivity index (χ2v) is 15.6. The molecule has 7 bridgehead atoms. The van der Waals surface area contributed by atoms with Crippen molar-refractivity contribution in [2.75, 3.05) is 59.4 Å². The van der Waals surface area contributed by atoms with Crippen molar-refractivity contribution in [2.24, 2.45) is 0 Å². The highest BCUT2D eigenvalue weighted by molar-refractivity contribution is 6.94. The van der Waals surface area contributed by atoms with Gasteiger partial charge in [0, 0.05) is 68.9 Å². The van der Waals surface area contributed by atoms with Crippen LogP contribution < -0.4 is 10.9 Å². The van der Waals surface area contributed by atoms with Crippen LogP contribution in [0.15, 0.2) is 53.5 Å². The predicted octanol–water partition coefficient (Wildman–Crippen LogP) is 3.30. The number of amides is 3. The molecule has 0 saturated carbocycles. The van der Waals surface area contributed by atoms with Gasteiger partial charge in [-0.1, -0.05) is 24.3 Å². The third-order valence-corrected chi connectivity index (χ3v) is 11.9. The minimum Gasteiger partial charge on any atom is -0.452 e. The maximum Gasteiger partial charge on any atom is 0.405 e. The average Bonchev–Trinajstić information content (AvgIpc) is 3.63. The number of piperazine rings is 1. The monoisotopic (exact) mass is 763 g/mol. The zero-order valence-corrected chi connectivity index (χ0v) is 32.0. The summed E-state index contributed by atoms with van der Waals surface area (Å²) < 4.78 is 13.6. The van der Waals surface area contributed by atoms with E-state index in [-0.39, 0.29) is 36.6 Å². The van der Waals surface area contributed by atoms with E-state index in [0.717, 1.165) is 60.9 Å². The van der Waals surface area contributed by atoms with Crippen molar-refractivity contribution in [3.8, 4) is 0 Å². The number of pyridine rings is 1. The minimum atomic E-state index is -0.941. The molecule has 4 aromatic rings. The molecule has 5 aliphatic heterocycles. The molecule has 9 rings (SSSR count). The van der Waals surface area contributed by atoms with Gasteiger partial charge in [-0.2, -0.15) is 5.10 Å². The first-order chi connectivity index (χ1) is 27.1. The summed E-state index contributed by atoms with van der Waals surface area (Å²) in [5.41, 5.74) is 3.27. The van der Waals surface area contributed by atoms with Crippen LogP contribution in [0, 0.1) is 6.92 Å². The zero-order chi connectivity index (χ0) is 38.9. The largest absolute Gasteiger partial charge is 0.452 e. The number of nitrogens with one attached hydrogen (secondary N) is 1. The molecule has 16 heteroatoms. The van der Waals surface area contributed by atoms with E-state index in [1.807, 2.05) is 42.2 Å². The number of hydrogen-bond acceptors (Lipinski definition) is 10. The number of carbonyl (C=O) groups is 4. The molecule has 0 unspecified atom stereocenters. The number of aryl methyl sites for hydroxylation is 1. The average molecular weight is 764 g/mol. The highest BCUT2D eigenvalue weighted by Crippen LogP contribution is 2.29. The van der Waals surface area contributed by atoms with E-state index < -0.39 is 24.5 Å². The molecule has 0 aliphatic carbocycles. The van der Waals surface area contributed by atoms with Crippen LogP contribution in [0.25, 0.3) is 21.8 Å². The SMILES string of the molecule is Cc1cc2cc3cn(nc13)COC(=O)[B]C(=O)OCn1c(=O)c(cc3ccccc31)C1CCN(CC1)C(=O)N[C@@H](C(=O)N1CCN(C3CCN(C)CC3)CC1)C2. The van der Waals surface area contributed by atoms with Gasteiger partial charge in [0.25, 0.3) is 17.3 Å². The molecule has 2 aromatic heterocycles. The number of fused-ring (bicyclic) bond motifs is 12. The molecule has 15 nitrogen and oxygen atoms in total. The number of nitrogens with zero attached hydrogens (tertiary/aromatic N) is 7. The number of para-hydroxylation sites is 1. The standard InChI is InChI=1S/C40H48BN8O7/c1-26-19-27-20-30-23-48(43-35(26)30)24-55-38(52)41-39(53)56-25-49-34-6-4-3-5-29(34)22-32(36(49)50)28-7-13-47(14-8-28)40(54)42-33(21-27)37(51)46-17-15-45(16-18-46)31-9-11-44(2)12-10-31/h3-6,19-20,22-23,28,31,33H,7-18,21,24-25H2,1-2H3,(H,42,54)/t33-/m1/s1. The Morgan fingerprint density at radius 1 is 0.839 bits per heavy atom. The Morgan fingerprint density at radius 2 is 1.55 bits per heavy atom. The summed E-state index contributed by atoms with van der Waals surface area (Å²) in [5.74, 6) is -2.10. The summed E-state index contributed by atoms with van der Waals surface area (Å²) in [6.07, 6.45) is 5.35. The lowest BCUT2D eigenvalue weighted by atomic mass is 9.79. The number of benzene rings is 2. The van der Waals surface area contributed by atoms with Crippen molar-refractivity contribution in [1.29, 1.82) is 0 Å². The number of hydrogen-bond donors (Lipinski definition) is 1. The lowest BCUT2D eigenvalue weighted by Crippen LogP contribution is -2.59. The van der Waals surface area contributed by atoms with E-state index in [0.29, 0.717) is 68.9 Å². The fraction of sp³-hybridized carbons (Fsp3) is 0.500. The summed E-state index contributed by atoms with van der Waals surface area (Å²) in [6.45, 7) is 7.04. The number of aromatic nitrogens is 3. The Hall–Kier alpha value is -5.22. The molecule has 5 aliphatic rings. The molecule has 56 heavy (non-hydrogen) atoms. The summed E-state index contributed by atoms with van der Waals surface area (Å²) in [5, 5.41) is 9.29. The van der Waals surface area contributed by atoms with Crippen LogP contribution in [-0.2, 0) is 34.2 Å². The molecule has 3 saturated heterocycles. The maximum atomic E-state index is 14.4. The van der Waals surface area contributed by atoms with Crippen molar-refractivity contribution in [2.45, 2.75) is 70.5 Å². The van der Waals surface area contributed by atoms with Crippen LogP contribution >= 0.6 is 0 Å². The first kappa shape index (κ1) is 37.7. The Balaban J connectivity index is 1.06. The first-order valence-electron chi connectivity index (χ1n) is 19.6. The van der Waals surface area contributed by atoms with Crippen molar-refractivity contribution in [1.82, 2.24) is 39.3 Å². The number of urea groups is 1. The van der Waals surface area contributed by atoms with Crippen LogP contribution in [0.4, 0.5) is 14.4 Å². The smallest absolute Gasteiger partial charge is 0.405 e. The minimum absolute atomic E-state index is 0.105. The van der Waals surface area contributed by atoms with Crippen LogP contribution in [-0.4, -0.2) is 136 Å². The lowest BCUT2D eigenvalue weighted by molar-refractivity contribution is -0.135. The van der Waals surface area contributed by atoms with Crippen LogP contribution in [0.1, 0.15) is 48.3 Å². The Morgan fingerprint density at radius 3 is 2.30 bits per heavy atom. The number of ether oxygens (including phenoxy) is 2. The molecule has 1 N–H and O–H groups in total. The number of carbonyl (C=O) groups excluding carboxylic acids is 4. The van der Waals surface area contributed by atoms with Gasteiger partial charge in [0.05, 0.1) is 11.0 Å². The van der Waals surface area contributed by atoms with Gasteiger partial charge in [-0.25, -0.2) is 9.48 Å². The normalized spacial score (nSPS) is 22.6. The highest BCUT2D eigenvalue weighted by Gasteiger charge is 2.34. The van der Waals surface area contributed by atoms with E-state index in [1.54, 1.807) is 23.2 Å². The van der Waals surface area contributed by atoms with Gasteiger partial charge in [-0.3, -0.25) is 28.6 Å². The molecular weight excluding hydrogens is 715 g/mol. The summed E-state index contributed by atoms with van der Waals surface area (Å²) >= 11 is 0. The molecule has 293 valence electrons. The molecule has 7 heterocycles. The van der Waals surface area contributed by atoms with Gasteiger partial charge in [-0.15, -0.1) is 0 Å². The van der Waals surface area contributed by atoms with Gasteiger partial charge in [0.2, 0.25) is 5.91 Å². The van der Waals surface area contributed by atoms with Crippen molar-refractivity contribution in [3.63, 3.8) is 0 Å². The van der Waals surface area contributed by atoms with E-state index >= 15 is 0 Å². The molecule has 1 radical (unpaired) electrons. The highest BCUT2D eigenvalue weighted by atomic mass is 16.6. The van der Waals surface area contributed by atoms with Crippen LogP contribution in [0.3, 0.4) is 0 Å². The van der Waals surface area contributed by atoms with E-state index in [4.69, 9.17) is 9.47 Å². The van der Waals surface area contributed by atoms with Crippen molar-refractivity contribution >= 4 is 52.8 Å². The Kier molecular flexibility index (Phi) is 10.8. The quantitative estimate of drug-likeness (QED) is 0.302. The topological polar surface area (TPSA) is 152 Å². The Labute approximate surface area is 325 Å².